The molecule has 0 N–H and O–H groups in total. The Hall–Kier alpha value is -16.8. The van der Waals surface area contributed by atoms with Crippen LogP contribution in [0.4, 0.5) is 0 Å². The second-order valence-electron chi connectivity index (χ2n) is 33.2. The van der Waals surface area contributed by atoms with Crippen LogP contribution in [0.3, 0.4) is 0 Å². The molecule has 24 aromatic carbocycles. The van der Waals surface area contributed by atoms with Crippen molar-refractivity contribution in [1.29, 1.82) is 0 Å². The molecule has 0 amide bonds. The first-order valence-electron chi connectivity index (χ1n) is 43.6. The normalized spacial score (nSPS) is 11.6. The second-order valence-corrected chi connectivity index (χ2v) is 33.2. The molecule has 127 heavy (non-hydrogen) atoms. The van der Waals surface area contributed by atoms with Crippen LogP contribution in [0.1, 0.15) is 0 Å². The van der Waals surface area contributed by atoms with E-state index in [4.69, 9.17) is 15.0 Å². The van der Waals surface area contributed by atoms with Gasteiger partial charge in [-0.2, -0.15) is 0 Å². The Bertz CT molecular complexity index is 8610. The maximum Gasteiger partial charge on any atom is 0.164 e. The average Bonchev–Trinajstić information content (AvgIpc) is 1.49. The summed E-state index contributed by atoms with van der Waals surface area (Å²) in [4.78, 5) is 14.7. The van der Waals surface area contributed by atoms with E-state index in [-0.39, 0.29) is 0 Å². The summed E-state index contributed by atoms with van der Waals surface area (Å²) in [7, 11) is 0. The van der Waals surface area contributed by atoms with Gasteiger partial charge in [-0.15, -0.1) is 0 Å². The zero-order valence-corrected chi connectivity index (χ0v) is 69.3. The molecule has 26 aromatic rings. The largest absolute Gasteiger partial charge is 0.309 e. The summed E-state index contributed by atoms with van der Waals surface area (Å²) in [5.74, 6) is 1.97. The summed E-state index contributed by atoms with van der Waals surface area (Å²) in [5, 5.41) is 28.4. The molecule has 0 saturated carbocycles. The summed E-state index contributed by atoms with van der Waals surface area (Å²) in [5.41, 5.74) is 23.9. The predicted octanol–water partition coefficient (Wildman–Crippen LogP) is 33.4. The van der Waals surface area contributed by atoms with Gasteiger partial charge in [-0.3, -0.25) is 0 Å². The molecule has 0 aliphatic carbocycles. The molecule has 0 unspecified atom stereocenters. The molecular weight excluding hydrogens is 1530 g/mol. The Morgan fingerprint density at radius 3 is 0.827 bits per heavy atom. The second kappa shape index (κ2) is 31.3. The molecular formula is C123H78N4. The number of para-hydroxylation sites is 2. The first kappa shape index (κ1) is 74.1. The smallest absolute Gasteiger partial charge is 0.164 e. The molecule has 0 radical (unpaired) electrons. The average molecular weight is 1610 g/mol. The first-order chi connectivity index (χ1) is 62.9. The van der Waals surface area contributed by atoms with E-state index in [1.165, 1.54) is 207 Å². The van der Waals surface area contributed by atoms with Crippen LogP contribution < -0.4 is 0 Å². The summed E-state index contributed by atoms with van der Waals surface area (Å²) >= 11 is 0. The van der Waals surface area contributed by atoms with Gasteiger partial charge in [-0.05, 0) is 222 Å². The lowest BCUT2D eigenvalue weighted by Gasteiger charge is -2.17. The molecule has 0 aliphatic heterocycles. The van der Waals surface area contributed by atoms with Crippen molar-refractivity contribution in [2.75, 3.05) is 0 Å². The number of hydrogen-bond acceptors (Lipinski definition) is 3. The highest BCUT2D eigenvalue weighted by Gasteiger charge is 2.21. The minimum Gasteiger partial charge on any atom is -0.309 e. The van der Waals surface area contributed by atoms with Crippen molar-refractivity contribution < 1.29 is 0 Å². The number of rotatable bonds is 11. The summed E-state index contributed by atoms with van der Waals surface area (Å²) < 4.78 is 2.31. The fraction of sp³-hybridized carbons (Fsp3) is 0. The van der Waals surface area contributed by atoms with Crippen molar-refractivity contribution in [3.63, 3.8) is 0 Å². The number of nitrogens with zero attached hydrogens (tertiary/aromatic N) is 4. The first-order valence-corrected chi connectivity index (χ1v) is 43.6. The quantitative estimate of drug-likeness (QED) is 0.121. The summed E-state index contributed by atoms with van der Waals surface area (Å²) in [6, 6.07) is 171. The Balaban J connectivity index is 0.000000107. The summed E-state index contributed by atoms with van der Waals surface area (Å²) in [6.07, 6.45) is 0. The lowest BCUT2D eigenvalue weighted by molar-refractivity contribution is 1.07. The van der Waals surface area contributed by atoms with Crippen LogP contribution in [0.2, 0.25) is 0 Å². The fourth-order valence-electron chi connectivity index (χ4n) is 19.7. The molecule has 0 aliphatic rings. The molecule has 0 fully saturated rings. The van der Waals surface area contributed by atoms with Gasteiger partial charge >= 0.3 is 0 Å². The predicted molar refractivity (Wildman–Crippen MR) is 539 cm³/mol. The minimum atomic E-state index is 0.648. The molecule has 0 spiro atoms. The topological polar surface area (TPSA) is 43.6 Å². The van der Waals surface area contributed by atoms with E-state index in [9.17, 15) is 0 Å². The third kappa shape index (κ3) is 13.3. The number of hydrogen-bond donors (Lipinski definition) is 0. The van der Waals surface area contributed by atoms with E-state index in [2.05, 4.69) is 417 Å². The van der Waals surface area contributed by atoms with Gasteiger partial charge in [0.05, 0.1) is 11.0 Å². The van der Waals surface area contributed by atoms with Gasteiger partial charge in [0.25, 0.3) is 0 Å². The molecule has 26 rings (SSSR count). The highest BCUT2D eigenvalue weighted by molar-refractivity contribution is 6.29. The lowest BCUT2D eigenvalue weighted by atomic mass is 9.87. The van der Waals surface area contributed by atoms with E-state index in [1.807, 2.05) is 60.7 Å². The van der Waals surface area contributed by atoms with E-state index in [0.717, 1.165) is 22.4 Å². The minimum absolute atomic E-state index is 0.648. The third-order valence-electron chi connectivity index (χ3n) is 25.9. The van der Waals surface area contributed by atoms with Gasteiger partial charge < -0.3 is 4.57 Å². The maximum absolute atomic E-state index is 4.92. The molecule has 4 heteroatoms. The standard InChI is InChI=1S/C48H30.C42H26.C33H22N4/c1-2-8-39-30-40(21-14-31(39)6-1)32-12-15-35(16-13-32)43-26-22-37-25-29-46-44(27-23-38-24-28-45(43)47(37)48(38)46)36-19-17-34(18-20-36)42-11-5-9-33-7-3-4-10-41(33)42;1-2-8-33-26-34(17-12-27(33)6-1)38-23-19-32-20-24-39-37(22-18-31-21-25-40(38)42(32)41(31)39)30-15-13-29(14-16-30)36-11-5-9-28-7-3-4-10-35(28)36;1-3-12-23(13-4-1)31-34-32(24-14-5-2-6-15-24)36-33(35-31)25-16-11-17-26(22-25)37-29-20-9-7-18-27(29)28-19-8-10-21-30(28)37/h1-30H;1-26H;1-22H. The monoisotopic (exact) mass is 1610 g/mol. The van der Waals surface area contributed by atoms with Gasteiger partial charge in [-0.1, -0.05) is 437 Å². The molecule has 0 saturated heterocycles. The van der Waals surface area contributed by atoms with Gasteiger partial charge in [0.2, 0.25) is 0 Å². The maximum atomic E-state index is 4.92. The molecule has 4 nitrogen and oxygen atoms in total. The van der Waals surface area contributed by atoms with Gasteiger partial charge in [0, 0.05) is 33.2 Å². The Morgan fingerprint density at radius 1 is 0.134 bits per heavy atom. The van der Waals surface area contributed by atoms with Crippen LogP contribution in [0, 0.1) is 0 Å². The van der Waals surface area contributed by atoms with Crippen LogP contribution in [0.15, 0.2) is 473 Å². The fourth-order valence-corrected chi connectivity index (χ4v) is 19.7. The third-order valence-corrected chi connectivity index (χ3v) is 25.9. The Morgan fingerprint density at radius 2 is 0.409 bits per heavy atom. The van der Waals surface area contributed by atoms with Crippen LogP contribution in [0.5, 0.6) is 0 Å². The zero-order chi connectivity index (χ0) is 83.8. The molecule has 0 bridgehead atoms. The van der Waals surface area contributed by atoms with Crippen molar-refractivity contribution in [2.45, 2.75) is 0 Å². The Kier molecular flexibility index (Phi) is 18.2. The van der Waals surface area contributed by atoms with E-state index in [1.54, 1.807) is 0 Å². The van der Waals surface area contributed by atoms with Crippen molar-refractivity contribution in [2.24, 2.45) is 0 Å². The summed E-state index contributed by atoms with van der Waals surface area (Å²) in [6.45, 7) is 0. The van der Waals surface area contributed by atoms with Crippen molar-refractivity contribution in [3.8, 4) is 118 Å². The van der Waals surface area contributed by atoms with Gasteiger partial charge in [0.15, 0.2) is 17.5 Å². The highest BCUT2D eigenvalue weighted by Crippen LogP contribution is 2.47. The van der Waals surface area contributed by atoms with Gasteiger partial charge in [0.1, 0.15) is 0 Å². The van der Waals surface area contributed by atoms with Gasteiger partial charge in [-0.25, -0.2) is 15.0 Å². The van der Waals surface area contributed by atoms with Crippen molar-refractivity contribution >= 4 is 130 Å². The van der Waals surface area contributed by atoms with Crippen LogP contribution in [0.25, 0.3) is 247 Å². The number of benzene rings is 24. The van der Waals surface area contributed by atoms with Crippen molar-refractivity contribution in [3.05, 3.63) is 473 Å². The molecule has 590 valence electrons. The van der Waals surface area contributed by atoms with E-state index >= 15 is 0 Å². The van der Waals surface area contributed by atoms with Crippen LogP contribution >= 0.6 is 0 Å². The molecule has 0 atom stereocenters. The van der Waals surface area contributed by atoms with Crippen LogP contribution in [-0.4, -0.2) is 19.5 Å². The van der Waals surface area contributed by atoms with Crippen molar-refractivity contribution in [1.82, 2.24) is 19.5 Å². The number of fused-ring (bicyclic) bond motifs is 7. The Labute approximate surface area is 734 Å². The zero-order valence-electron chi connectivity index (χ0n) is 69.3. The highest BCUT2D eigenvalue weighted by atomic mass is 15.0. The molecule has 2 aromatic heterocycles. The van der Waals surface area contributed by atoms with E-state index in [0.29, 0.717) is 17.5 Å². The SMILES string of the molecule is c1ccc(-c2nc(-c3ccccc3)nc(-c3cccc(-n4c5ccccc5c5ccccc54)c3)n2)cc1.c1ccc2cc(-c3ccc(-c4ccc5ccc6c(-c7ccc(-c8cccc9ccccc89)cc7)ccc7ccc4c5c76)cc3)ccc2c1.c1ccc2cc(-c3ccc4ccc5c(-c6ccc(-c7cccc8ccccc78)cc6)ccc6ccc3c4c65)ccc2c1. The van der Waals surface area contributed by atoms with E-state index < -0.39 is 0 Å². The van der Waals surface area contributed by atoms with Crippen LogP contribution in [-0.2, 0) is 0 Å². The molecule has 2 heterocycles. The number of aromatic nitrogens is 4. The lowest BCUT2D eigenvalue weighted by Crippen LogP contribution is -2.01.